The van der Waals surface area contributed by atoms with Gasteiger partial charge in [-0.1, -0.05) is 11.6 Å². The van der Waals surface area contributed by atoms with E-state index < -0.39 is 5.97 Å². The standard InChI is InChI=1S/C8H6ClNO3/c9-7-2-5(3-8(12)13)1-6(4-11)10-7/h1-2,4H,3H2,(H,12,13). The van der Waals surface area contributed by atoms with Crippen LogP contribution >= 0.6 is 11.6 Å². The Morgan fingerprint density at radius 2 is 2.31 bits per heavy atom. The first-order valence-electron chi connectivity index (χ1n) is 3.45. The van der Waals surface area contributed by atoms with E-state index in [9.17, 15) is 9.59 Å². The molecule has 1 heterocycles. The highest BCUT2D eigenvalue weighted by Crippen LogP contribution is 2.10. The molecule has 1 aromatic rings. The Morgan fingerprint density at radius 3 is 2.85 bits per heavy atom. The van der Waals surface area contributed by atoms with E-state index in [1.807, 2.05) is 0 Å². The van der Waals surface area contributed by atoms with Crippen LogP contribution in [0.2, 0.25) is 5.15 Å². The molecule has 0 aromatic carbocycles. The van der Waals surface area contributed by atoms with E-state index >= 15 is 0 Å². The van der Waals surface area contributed by atoms with Crippen molar-refractivity contribution in [3.8, 4) is 0 Å². The fraction of sp³-hybridized carbons (Fsp3) is 0.125. The summed E-state index contributed by atoms with van der Waals surface area (Å²) in [6.45, 7) is 0. The average molecular weight is 200 g/mol. The first-order valence-corrected chi connectivity index (χ1v) is 3.83. The summed E-state index contributed by atoms with van der Waals surface area (Å²) in [6.07, 6.45) is 0.361. The van der Waals surface area contributed by atoms with Crippen molar-refractivity contribution >= 4 is 23.9 Å². The summed E-state index contributed by atoms with van der Waals surface area (Å²) >= 11 is 5.55. The van der Waals surface area contributed by atoms with Crippen molar-refractivity contribution < 1.29 is 14.7 Å². The molecule has 0 fully saturated rings. The maximum atomic E-state index is 10.3. The van der Waals surface area contributed by atoms with Gasteiger partial charge in [-0.2, -0.15) is 0 Å². The summed E-state index contributed by atoms with van der Waals surface area (Å²) in [5.41, 5.74) is 0.610. The minimum Gasteiger partial charge on any atom is -0.481 e. The smallest absolute Gasteiger partial charge is 0.307 e. The zero-order valence-electron chi connectivity index (χ0n) is 6.53. The molecule has 0 unspecified atom stereocenters. The van der Waals surface area contributed by atoms with Gasteiger partial charge in [0.25, 0.3) is 0 Å². The van der Waals surface area contributed by atoms with Crippen molar-refractivity contribution in [3.05, 3.63) is 28.5 Å². The van der Waals surface area contributed by atoms with Gasteiger partial charge >= 0.3 is 5.97 Å². The van der Waals surface area contributed by atoms with E-state index in [4.69, 9.17) is 16.7 Å². The molecule has 4 nitrogen and oxygen atoms in total. The SMILES string of the molecule is O=Cc1cc(CC(=O)O)cc(Cl)n1. The molecule has 13 heavy (non-hydrogen) atoms. The van der Waals surface area contributed by atoms with E-state index in [1.54, 1.807) is 0 Å². The molecule has 0 aliphatic heterocycles. The molecule has 0 saturated heterocycles. The lowest BCUT2D eigenvalue weighted by molar-refractivity contribution is -0.136. The summed E-state index contributed by atoms with van der Waals surface area (Å²) in [5, 5.41) is 8.60. The number of rotatable bonds is 3. The zero-order valence-corrected chi connectivity index (χ0v) is 7.28. The van der Waals surface area contributed by atoms with Gasteiger partial charge in [0, 0.05) is 0 Å². The molecule has 0 amide bonds. The van der Waals surface area contributed by atoms with Gasteiger partial charge in [-0.15, -0.1) is 0 Å². The minimum absolute atomic E-state index is 0.126. The highest BCUT2D eigenvalue weighted by molar-refractivity contribution is 6.29. The molecular formula is C8H6ClNO3. The Labute approximate surface area is 79.2 Å². The maximum absolute atomic E-state index is 10.3. The second-order valence-electron chi connectivity index (χ2n) is 2.41. The van der Waals surface area contributed by atoms with Crippen molar-refractivity contribution in [1.82, 2.24) is 4.98 Å². The maximum Gasteiger partial charge on any atom is 0.307 e. The van der Waals surface area contributed by atoms with Crippen LogP contribution in [-0.4, -0.2) is 22.3 Å². The van der Waals surface area contributed by atoms with Gasteiger partial charge in [-0.05, 0) is 17.7 Å². The lowest BCUT2D eigenvalue weighted by Gasteiger charge is -1.98. The second kappa shape index (κ2) is 4.00. The fourth-order valence-electron chi connectivity index (χ4n) is 0.910. The lowest BCUT2D eigenvalue weighted by atomic mass is 10.2. The third-order valence-corrected chi connectivity index (χ3v) is 1.54. The lowest BCUT2D eigenvalue weighted by Crippen LogP contribution is -2.01. The van der Waals surface area contributed by atoms with Crippen molar-refractivity contribution in [2.45, 2.75) is 6.42 Å². The van der Waals surface area contributed by atoms with Crippen LogP contribution in [0.1, 0.15) is 16.1 Å². The molecule has 0 aliphatic rings. The number of halogens is 1. The van der Waals surface area contributed by atoms with Gasteiger partial charge < -0.3 is 5.11 Å². The molecule has 1 aromatic heterocycles. The third-order valence-electron chi connectivity index (χ3n) is 1.35. The molecule has 68 valence electrons. The van der Waals surface area contributed by atoms with Crippen LogP contribution in [0.3, 0.4) is 0 Å². The van der Waals surface area contributed by atoms with Gasteiger partial charge in [0.1, 0.15) is 10.8 Å². The molecule has 5 heteroatoms. The van der Waals surface area contributed by atoms with Crippen molar-refractivity contribution in [1.29, 1.82) is 0 Å². The van der Waals surface area contributed by atoms with Gasteiger partial charge in [-0.25, -0.2) is 4.98 Å². The molecule has 0 saturated carbocycles. The van der Waals surface area contributed by atoms with E-state index in [0.29, 0.717) is 11.8 Å². The van der Waals surface area contributed by atoms with Gasteiger partial charge in [0.05, 0.1) is 6.42 Å². The largest absolute Gasteiger partial charge is 0.481 e. The topological polar surface area (TPSA) is 67.3 Å². The Hall–Kier alpha value is -1.42. The summed E-state index contributed by atoms with van der Waals surface area (Å²) in [5.74, 6) is -0.973. The summed E-state index contributed by atoms with van der Waals surface area (Å²) in [6, 6.07) is 2.82. The predicted molar refractivity (Wildman–Crippen MR) is 46.0 cm³/mol. The van der Waals surface area contributed by atoms with Crippen LogP contribution in [0.4, 0.5) is 0 Å². The number of carbonyl (C=O) groups is 2. The number of carboxylic acid groups (broad SMARTS) is 1. The van der Waals surface area contributed by atoms with Crippen LogP contribution in [0.5, 0.6) is 0 Å². The number of carbonyl (C=O) groups excluding carboxylic acids is 1. The first-order chi connectivity index (χ1) is 6.11. The van der Waals surface area contributed by atoms with Crippen molar-refractivity contribution in [2.24, 2.45) is 0 Å². The molecule has 0 radical (unpaired) electrons. The molecular weight excluding hydrogens is 194 g/mol. The van der Waals surface area contributed by atoms with Crippen LogP contribution in [0.15, 0.2) is 12.1 Å². The van der Waals surface area contributed by atoms with E-state index in [0.717, 1.165) is 0 Å². The van der Waals surface area contributed by atoms with E-state index in [1.165, 1.54) is 12.1 Å². The number of nitrogens with zero attached hydrogens (tertiary/aromatic N) is 1. The van der Waals surface area contributed by atoms with Crippen molar-refractivity contribution in [2.75, 3.05) is 0 Å². The number of aliphatic carboxylic acids is 1. The Bertz CT molecular complexity index is 351. The number of hydrogen-bond donors (Lipinski definition) is 1. The van der Waals surface area contributed by atoms with Crippen LogP contribution in [-0.2, 0) is 11.2 Å². The Morgan fingerprint density at radius 1 is 1.62 bits per heavy atom. The highest BCUT2D eigenvalue weighted by atomic mass is 35.5. The Balaban J connectivity index is 3.01. The summed E-state index contributed by atoms with van der Waals surface area (Å²) in [7, 11) is 0. The van der Waals surface area contributed by atoms with Gasteiger partial charge in [-0.3, -0.25) is 9.59 Å². The number of aldehydes is 1. The van der Waals surface area contributed by atoms with Gasteiger partial charge in [0.15, 0.2) is 6.29 Å². The fourth-order valence-corrected chi connectivity index (χ4v) is 1.15. The second-order valence-corrected chi connectivity index (χ2v) is 2.80. The van der Waals surface area contributed by atoms with Crippen LogP contribution < -0.4 is 0 Å². The molecule has 0 bridgehead atoms. The van der Waals surface area contributed by atoms with E-state index in [-0.39, 0.29) is 17.3 Å². The number of aromatic nitrogens is 1. The number of pyridine rings is 1. The summed E-state index contributed by atoms with van der Waals surface area (Å²) < 4.78 is 0. The number of carboxylic acids is 1. The van der Waals surface area contributed by atoms with Crippen LogP contribution in [0.25, 0.3) is 0 Å². The van der Waals surface area contributed by atoms with E-state index in [2.05, 4.69) is 4.98 Å². The number of hydrogen-bond acceptors (Lipinski definition) is 3. The molecule has 1 N–H and O–H groups in total. The quantitative estimate of drug-likeness (QED) is 0.586. The third kappa shape index (κ3) is 2.83. The van der Waals surface area contributed by atoms with Crippen LogP contribution in [0, 0.1) is 0 Å². The highest BCUT2D eigenvalue weighted by Gasteiger charge is 2.04. The molecule has 0 atom stereocenters. The molecule has 0 spiro atoms. The predicted octanol–water partition coefficient (Wildman–Crippen LogP) is 1.17. The first kappa shape index (κ1) is 9.67. The van der Waals surface area contributed by atoms with Gasteiger partial charge in [0.2, 0.25) is 0 Å². The normalized spacial score (nSPS) is 9.62. The summed E-state index contributed by atoms with van der Waals surface area (Å²) in [4.78, 5) is 24.3. The Kier molecular flexibility index (Phi) is 2.97. The molecule has 1 rings (SSSR count). The zero-order chi connectivity index (χ0) is 9.84. The minimum atomic E-state index is -0.973. The van der Waals surface area contributed by atoms with Crippen molar-refractivity contribution in [3.63, 3.8) is 0 Å². The average Bonchev–Trinajstić information content (AvgIpc) is 2.01. The molecule has 0 aliphatic carbocycles. The monoisotopic (exact) mass is 199 g/mol.